The zero-order chi connectivity index (χ0) is 14.2. The summed E-state index contributed by atoms with van der Waals surface area (Å²) in [4.78, 5) is 19.4. The maximum atomic E-state index is 12.1. The molecule has 0 aliphatic carbocycles. The minimum absolute atomic E-state index is 0.0213. The summed E-state index contributed by atoms with van der Waals surface area (Å²) in [5, 5.41) is 6.11. The molecule has 3 heterocycles. The Balaban J connectivity index is 1.49. The van der Waals surface area contributed by atoms with Gasteiger partial charge in [-0.25, -0.2) is 4.98 Å². The maximum absolute atomic E-state index is 12.1. The van der Waals surface area contributed by atoms with Crippen molar-refractivity contribution in [2.24, 2.45) is 0 Å². The number of nitrogens with zero attached hydrogens (tertiary/aromatic N) is 1. The number of hydrogen-bond acceptors (Lipinski definition) is 5. The zero-order valence-electron chi connectivity index (χ0n) is 11.7. The van der Waals surface area contributed by atoms with E-state index < -0.39 is 5.79 Å². The number of aromatic amines is 1. The summed E-state index contributed by atoms with van der Waals surface area (Å²) in [6, 6.07) is -0.235. The molecule has 0 radical (unpaired) electrons. The van der Waals surface area contributed by atoms with E-state index >= 15 is 0 Å². The van der Waals surface area contributed by atoms with Gasteiger partial charge in [0.25, 0.3) is 0 Å². The number of imidazole rings is 1. The first-order valence-electron chi connectivity index (χ1n) is 6.87. The standard InChI is InChI=1S/C13H20N4O3/c1-13(2)19-6-8(20-13)4-15-12(18)10-3-9-11(5-14-10)17-7-16-9/h7-8,10,14H,3-6H2,1-2H3,(H,15,18)(H,16,17). The van der Waals surface area contributed by atoms with E-state index in [1.807, 2.05) is 13.8 Å². The molecule has 110 valence electrons. The van der Waals surface area contributed by atoms with Gasteiger partial charge in [-0.3, -0.25) is 10.1 Å². The Hall–Kier alpha value is -1.44. The van der Waals surface area contributed by atoms with Gasteiger partial charge in [0.2, 0.25) is 5.91 Å². The number of hydrogen-bond donors (Lipinski definition) is 3. The third kappa shape index (κ3) is 2.84. The number of carbonyl (C=O) groups is 1. The molecule has 1 saturated heterocycles. The van der Waals surface area contributed by atoms with Crippen LogP contribution in [0.2, 0.25) is 0 Å². The highest BCUT2D eigenvalue weighted by Crippen LogP contribution is 2.21. The number of aromatic nitrogens is 2. The van der Waals surface area contributed by atoms with Gasteiger partial charge in [-0.1, -0.05) is 0 Å². The quantitative estimate of drug-likeness (QED) is 0.707. The molecule has 2 aliphatic heterocycles. The molecule has 3 rings (SSSR count). The van der Waals surface area contributed by atoms with E-state index in [9.17, 15) is 4.79 Å². The second-order valence-corrected chi connectivity index (χ2v) is 5.66. The maximum Gasteiger partial charge on any atom is 0.237 e. The van der Waals surface area contributed by atoms with Crippen LogP contribution in [0, 0.1) is 0 Å². The molecule has 7 heteroatoms. The minimum Gasteiger partial charge on any atom is -0.352 e. The predicted molar refractivity (Wildman–Crippen MR) is 70.8 cm³/mol. The Morgan fingerprint density at radius 3 is 3.20 bits per heavy atom. The van der Waals surface area contributed by atoms with Crippen molar-refractivity contribution in [2.75, 3.05) is 13.2 Å². The first-order valence-corrected chi connectivity index (χ1v) is 6.87. The molecular weight excluding hydrogens is 260 g/mol. The predicted octanol–water partition coefficient (Wildman–Crippen LogP) is -0.308. The van der Waals surface area contributed by atoms with E-state index in [1.165, 1.54) is 0 Å². The van der Waals surface area contributed by atoms with Crippen molar-refractivity contribution in [3.63, 3.8) is 0 Å². The van der Waals surface area contributed by atoms with E-state index in [1.54, 1.807) is 6.33 Å². The highest BCUT2D eigenvalue weighted by atomic mass is 16.7. The molecule has 3 N–H and O–H groups in total. The number of nitrogens with one attached hydrogen (secondary N) is 3. The Labute approximate surface area is 117 Å². The van der Waals surface area contributed by atoms with Crippen LogP contribution < -0.4 is 10.6 Å². The van der Waals surface area contributed by atoms with Gasteiger partial charge >= 0.3 is 0 Å². The Kier molecular flexibility index (Phi) is 3.49. The summed E-state index contributed by atoms with van der Waals surface area (Å²) < 4.78 is 11.1. The Bertz CT molecular complexity index is 500. The van der Waals surface area contributed by atoms with Crippen LogP contribution in [0.1, 0.15) is 25.2 Å². The van der Waals surface area contributed by atoms with Crippen molar-refractivity contribution < 1.29 is 14.3 Å². The third-order valence-corrected chi connectivity index (χ3v) is 3.62. The average Bonchev–Trinajstić information content (AvgIpc) is 3.01. The first kappa shape index (κ1) is 13.5. The summed E-state index contributed by atoms with van der Waals surface area (Å²) in [5.41, 5.74) is 2.02. The van der Waals surface area contributed by atoms with Crippen molar-refractivity contribution in [3.8, 4) is 0 Å². The number of fused-ring (bicyclic) bond motifs is 1. The first-order chi connectivity index (χ1) is 9.53. The summed E-state index contributed by atoms with van der Waals surface area (Å²) in [6.45, 7) is 5.36. The Morgan fingerprint density at radius 1 is 1.60 bits per heavy atom. The van der Waals surface area contributed by atoms with E-state index in [0.29, 0.717) is 26.1 Å². The Morgan fingerprint density at radius 2 is 2.45 bits per heavy atom. The second-order valence-electron chi connectivity index (χ2n) is 5.66. The van der Waals surface area contributed by atoms with Gasteiger partial charge in [-0.2, -0.15) is 0 Å². The molecule has 1 amide bonds. The van der Waals surface area contributed by atoms with Crippen LogP contribution in [-0.4, -0.2) is 47.0 Å². The molecule has 1 aromatic heterocycles. The molecule has 20 heavy (non-hydrogen) atoms. The summed E-state index contributed by atoms with van der Waals surface area (Å²) >= 11 is 0. The fraction of sp³-hybridized carbons (Fsp3) is 0.692. The molecular formula is C13H20N4O3. The molecule has 0 bridgehead atoms. The number of rotatable bonds is 3. The molecule has 0 aromatic carbocycles. The number of H-pyrrole nitrogens is 1. The number of carbonyl (C=O) groups excluding carboxylic acids is 1. The van der Waals surface area contributed by atoms with E-state index in [2.05, 4.69) is 20.6 Å². The topological polar surface area (TPSA) is 88.3 Å². The molecule has 1 fully saturated rings. The summed E-state index contributed by atoms with van der Waals surface area (Å²) in [6.07, 6.45) is 2.19. The van der Waals surface area contributed by atoms with Crippen molar-refractivity contribution in [2.45, 2.75) is 44.7 Å². The van der Waals surface area contributed by atoms with Gasteiger partial charge in [-0.15, -0.1) is 0 Å². The average molecular weight is 280 g/mol. The van der Waals surface area contributed by atoms with Crippen molar-refractivity contribution in [1.82, 2.24) is 20.6 Å². The van der Waals surface area contributed by atoms with Crippen molar-refractivity contribution in [3.05, 3.63) is 17.7 Å². The lowest BCUT2D eigenvalue weighted by molar-refractivity contribution is -0.139. The number of ether oxygens (including phenoxy) is 2. The summed E-state index contributed by atoms with van der Waals surface area (Å²) in [7, 11) is 0. The zero-order valence-corrected chi connectivity index (χ0v) is 11.7. The fourth-order valence-corrected chi connectivity index (χ4v) is 2.56. The van der Waals surface area contributed by atoms with Crippen LogP contribution in [0.5, 0.6) is 0 Å². The van der Waals surface area contributed by atoms with Gasteiger partial charge in [0, 0.05) is 19.5 Å². The van der Waals surface area contributed by atoms with Crippen LogP contribution >= 0.6 is 0 Å². The lowest BCUT2D eigenvalue weighted by atomic mass is 10.0. The monoisotopic (exact) mass is 280 g/mol. The van der Waals surface area contributed by atoms with Crippen LogP contribution in [0.4, 0.5) is 0 Å². The highest BCUT2D eigenvalue weighted by Gasteiger charge is 2.33. The van der Waals surface area contributed by atoms with Crippen molar-refractivity contribution >= 4 is 5.91 Å². The molecule has 2 aliphatic rings. The van der Waals surface area contributed by atoms with E-state index in [0.717, 1.165) is 11.4 Å². The fourth-order valence-electron chi connectivity index (χ4n) is 2.56. The van der Waals surface area contributed by atoms with Gasteiger partial charge in [-0.05, 0) is 13.8 Å². The molecule has 0 saturated carbocycles. The van der Waals surface area contributed by atoms with Crippen LogP contribution in [-0.2, 0) is 27.2 Å². The van der Waals surface area contributed by atoms with E-state index in [4.69, 9.17) is 9.47 Å². The van der Waals surface area contributed by atoms with Crippen LogP contribution in [0.15, 0.2) is 6.33 Å². The SMILES string of the molecule is CC1(C)OCC(CNC(=O)C2Cc3nc[nH]c3CN2)O1. The normalized spacial score (nSPS) is 28.1. The van der Waals surface area contributed by atoms with Gasteiger partial charge in [0.15, 0.2) is 5.79 Å². The molecule has 7 nitrogen and oxygen atoms in total. The van der Waals surface area contributed by atoms with Gasteiger partial charge in [0.1, 0.15) is 6.10 Å². The van der Waals surface area contributed by atoms with Crippen LogP contribution in [0.3, 0.4) is 0 Å². The molecule has 1 aromatic rings. The van der Waals surface area contributed by atoms with Gasteiger partial charge < -0.3 is 19.8 Å². The molecule has 0 spiro atoms. The highest BCUT2D eigenvalue weighted by molar-refractivity contribution is 5.82. The molecule has 2 atom stereocenters. The van der Waals surface area contributed by atoms with Crippen molar-refractivity contribution in [1.29, 1.82) is 0 Å². The van der Waals surface area contributed by atoms with Gasteiger partial charge in [0.05, 0.1) is 30.4 Å². The third-order valence-electron chi connectivity index (χ3n) is 3.62. The second kappa shape index (κ2) is 5.16. The minimum atomic E-state index is -0.553. The largest absolute Gasteiger partial charge is 0.352 e. The molecule has 2 unspecified atom stereocenters. The van der Waals surface area contributed by atoms with Crippen LogP contribution in [0.25, 0.3) is 0 Å². The lowest BCUT2D eigenvalue weighted by Crippen LogP contribution is -2.49. The number of amides is 1. The summed E-state index contributed by atoms with van der Waals surface area (Å²) in [5.74, 6) is -0.574. The lowest BCUT2D eigenvalue weighted by Gasteiger charge is -2.23. The smallest absolute Gasteiger partial charge is 0.237 e. The van der Waals surface area contributed by atoms with E-state index in [-0.39, 0.29) is 18.1 Å².